The quantitative estimate of drug-likeness (QED) is 0.785. The molecular weight excluding hydrogens is 350 g/mol. The highest BCUT2D eigenvalue weighted by molar-refractivity contribution is 9.13. The lowest BCUT2D eigenvalue weighted by Crippen LogP contribution is -2.43. The summed E-state index contributed by atoms with van der Waals surface area (Å²) in [5.74, 6) is 0. The van der Waals surface area contributed by atoms with Gasteiger partial charge in [-0.1, -0.05) is 19.3 Å². The molecule has 1 nitrogen and oxygen atoms in total. The lowest BCUT2D eigenvalue weighted by Gasteiger charge is -2.34. The number of hydrogen-bond acceptors (Lipinski definition) is 2. The van der Waals surface area contributed by atoms with Crippen molar-refractivity contribution in [2.75, 3.05) is 0 Å². The molecule has 0 radical (unpaired) electrons. The number of rotatable bonds is 3. The van der Waals surface area contributed by atoms with Gasteiger partial charge in [0, 0.05) is 21.4 Å². The number of thiophene rings is 1. The maximum absolute atomic E-state index is 3.72. The van der Waals surface area contributed by atoms with Gasteiger partial charge in [0.05, 0.1) is 3.79 Å². The van der Waals surface area contributed by atoms with Gasteiger partial charge in [0.15, 0.2) is 0 Å². The smallest absolute Gasteiger partial charge is 0.0843 e. The van der Waals surface area contributed by atoms with Crippen molar-refractivity contribution in [3.8, 4) is 0 Å². The molecule has 1 aliphatic carbocycles. The van der Waals surface area contributed by atoms with E-state index in [1.807, 2.05) is 11.3 Å². The molecule has 0 saturated heterocycles. The van der Waals surface area contributed by atoms with E-state index in [9.17, 15) is 0 Å². The summed E-state index contributed by atoms with van der Waals surface area (Å²) in [7, 11) is 0. The van der Waals surface area contributed by atoms with E-state index in [1.165, 1.54) is 45.2 Å². The molecule has 0 atom stereocenters. The third kappa shape index (κ3) is 3.31. The summed E-state index contributed by atoms with van der Waals surface area (Å²) < 4.78 is 2.36. The van der Waals surface area contributed by atoms with E-state index in [2.05, 4.69) is 50.2 Å². The van der Waals surface area contributed by atoms with Crippen LogP contribution in [-0.4, -0.2) is 5.54 Å². The third-order valence-electron chi connectivity index (χ3n) is 3.34. The summed E-state index contributed by atoms with van der Waals surface area (Å²) >= 11 is 8.88. The van der Waals surface area contributed by atoms with Crippen molar-refractivity contribution in [2.24, 2.45) is 0 Å². The summed E-state index contributed by atoms with van der Waals surface area (Å²) in [5.41, 5.74) is 0.362. The first-order valence-corrected chi connectivity index (χ1v) is 8.18. The fourth-order valence-corrected chi connectivity index (χ4v) is 4.40. The van der Waals surface area contributed by atoms with E-state index in [4.69, 9.17) is 0 Å². The SMILES string of the molecule is CC1(NCc2cc(Br)c(Br)s2)CCCCC1. The van der Waals surface area contributed by atoms with Gasteiger partial charge in [-0.3, -0.25) is 0 Å². The van der Waals surface area contributed by atoms with Crippen LogP contribution in [0.2, 0.25) is 0 Å². The van der Waals surface area contributed by atoms with Gasteiger partial charge in [-0.15, -0.1) is 11.3 Å². The molecule has 1 aliphatic rings. The molecule has 0 aromatic carbocycles. The van der Waals surface area contributed by atoms with E-state index in [0.717, 1.165) is 6.54 Å². The van der Waals surface area contributed by atoms with Crippen LogP contribution in [0.5, 0.6) is 0 Å². The minimum absolute atomic E-state index is 0.362. The molecule has 16 heavy (non-hydrogen) atoms. The highest BCUT2D eigenvalue weighted by Crippen LogP contribution is 2.33. The molecule has 90 valence electrons. The van der Waals surface area contributed by atoms with Crippen molar-refractivity contribution in [1.29, 1.82) is 0 Å². The van der Waals surface area contributed by atoms with Crippen LogP contribution in [0.1, 0.15) is 43.9 Å². The Morgan fingerprint density at radius 2 is 2.00 bits per heavy atom. The van der Waals surface area contributed by atoms with Gasteiger partial charge in [-0.05, 0) is 57.7 Å². The van der Waals surface area contributed by atoms with Crippen molar-refractivity contribution >= 4 is 43.2 Å². The first-order valence-electron chi connectivity index (χ1n) is 5.78. The molecule has 1 N–H and O–H groups in total. The van der Waals surface area contributed by atoms with Gasteiger partial charge in [0.2, 0.25) is 0 Å². The molecule has 4 heteroatoms. The fourth-order valence-electron chi connectivity index (χ4n) is 2.29. The Morgan fingerprint density at radius 1 is 1.31 bits per heavy atom. The van der Waals surface area contributed by atoms with Gasteiger partial charge in [0.25, 0.3) is 0 Å². The Morgan fingerprint density at radius 3 is 2.56 bits per heavy atom. The van der Waals surface area contributed by atoms with E-state index >= 15 is 0 Å². The van der Waals surface area contributed by atoms with Crippen molar-refractivity contribution in [2.45, 2.75) is 51.1 Å². The van der Waals surface area contributed by atoms with Gasteiger partial charge in [0.1, 0.15) is 0 Å². The Bertz CT molecular complexity index is 336. The van der Waals surface area contributed by atoms with E-state index < -0.39 is 0 Å². The summed E-state index contributed by atoms with van der Waals surface area (Å²) in [6.07, 6.45) is 6.80. The number of nitrogens with one attached hydrogen (secondary N) is 1. The highest BCUT2D eigenvalue weighted by atomic mass is 79.9. The molecule has 1 heterocycles. The van der Waals surface area contributed by atoms with Crippen molar-refractivity contribution < 1.29 is 0 Å². The van der Waals surface area contributed by atoms with Gasteiger partial charge >= 0.3 is 0 Å². The predicted octanol–water partition coefficient (Wildman–Crippen LogP) is 5.09. The Kier molecular flexibility index (Phi) is 4.50. The largest absolute Gasteiger partial charge is 0.307 e. The average molecular weight is 367 g/mol. The van der Waals surface area contributed by atoms with Crippen molar-refractivity contribution in [3.63, 3.8) is 0 Å². The highest BCUT2D eigenvalue weighted by Gasteiger charge is 2.25. The fraction of sp³-hybridized carbons (Fsp3) is 0.667. The Balaban J connectivity index is 1.91. The van der Waals surface area contributed by atoms with Gasteiger partial charge in [-0.2, -0.15) is 0 Å². The molecule has 0 unspecified atom stereocenters. The molecule has 1 saturated carbocycles. The summed E-state index contributed by atoms with van der Waals surface area (Å²) in [6, 6.07) is 2.20. The van der Waals surface area contributed by atoms with Crippen LogP contribution in [0.25, 0.3) is 0 Å². The Labute approximate surface area is 118 Å². The zero-order valence-corrected chi connectivity index (χ0v) is 13.5. The monoisotopic (exact) mass is 365 g/mol. The first-order chi connectivity index (χ1) is 7.59. The third-order valence-corrected chi connectivity index (χ3v) is 6.60. The van der Waals surface area contributed by atoms with Crippen molar-refractivity contribution in [3.05, 3.63) is 19.2 Å². The van der Waals surface area contributed by atoms with Gasteiger partial charge in [-0.25, -0.2) is 0 Å². The topological polar surface area (TPSA) is 12.0 Å². The van der Waals surface area contributed by atoms with Crippen LogP contribution in [0.15, 0.2) is 14.3 Å². The summed E-state index contributed by atoms with van der Waals surface area (Å²) in [6.45, 7) is 3.36. The molecule has 0 bridgehead atoms. The van der Waals surface area contributed by atoms with Crippen molar-refractivity contribution in [1.82, 2.24) is 5.32 Å². The maximum atomic E-state index is 3.72. The van der Waals surface area contributed by atoms with Crippen LogP contribution < -0.4 is 5.32 Å². The van der Waals surface area contributed by atoms with E-state index in [-0.39, 0.29) is 0 Å². The molecule has 1 fully saturated rings. The average Bonchev–Trinajstić information content (AvgIpc) is 2.57. The van der Waals surface area contributed by atoms with Crippen LogP contribution in [-0.2, 0) is 6.54 Å². The normalized spacial score (nSPS) is 19.9. The Hall–Kier alpha value is 0.620. The van der Waals surface area contributed by atoms with Crippen LogP contribution >= 0.6 is 43.2 Å². The van der Waals surface area contributed by atoms with Crippen LogP contribution in [0.4, 0.5) is 0 Å². The minimum atomic E-state index is 0.362. The second-order valence-corrected chi connectivity index (χ2v) is 8.12. The lowest BCUT2D eigenvalue weighted by molar-refractivity contribution is 0.253. The molecule has 1 aromatic heterocycles. The zero-order chi connectivity index (χ0) is 11.6. The molecular formula is C12H17Br2NS. The summed E-state index contributed by atoms with van der Waals surface area (Å²) in [5, 5.41) is 3.72. The van der Waals surface area contributed by atoms with Crippen LogP contribution in [0.3, 0.4) is 0 Å². The second kappa shape index (κ2) is 5.51. The minimum Gasteiger partial charge on any atom is -0.307 e. The summed E-state index contributed by atoms with van der Waals surface area (Å²) in [4.78, 5) is 1.39. The van der Waals surface area contributed by atoms with Crippen LogP contribution in [0, 0.1) is 0 Å². The molecule has 0 aliphatic heterocycles. The van der Waals surface area contributed by atoms with Gasteiger partial charge < -0.3 is 5.32 Å². The van der Waals surface area contributed by atoms with E-state index in [0.29, 0.717) is 5.54 Å². The maximum Gasteiger partial charge on any atom is 0.0843 e. The molecule has 2 rings (SSSR count). The lowest BCUT2D eigenvalue weighted by atomic mass is 9.83. The second-order valence-electron chi connectivity index (χ2n) is 4.81. The van der Waals surface area contributed by atoms with E-state index in [1.54, 1.807) is 0 Å². The zero-order valence-electron chi connectivity index (χ0n) is 9.48. The molecule has 1 aromatic rings. The number of halogens is 2. The molecule has 0 amide bonds. The number of hydrogen-bond donors (Lipinski definition) is 1. The standard InChI is InChI=1S/C12H17Br2NS/c1-12(5-3-2-4-6-12)15-8-9-7-10(13)11(14)16-9/h7,15H,2-6,8H2,1H3. The first kappa shape index (κ1) is 13.1. The predicted molar refractivity (Wildman–Crippen MR) is 78.0 cm³/mol. The molecule has 0 spiro atoms.